The van der Waals surface area contributed by atoms with E-state index in [2.05, 4.69) is 12.1 Å². The van der Waals surface area contributed by atoms with Crippen LogP contribution in [0.3, 0.4) is 0 Å². The first-order chi connectivity index (χ1) is 6.53. The molecule has 14 heavy (non-hydrogen) atoms. The normalized spacial score (nSPS) is 20.1. The Bertz CT molecular complexity index is 299. The van der Waals surface area contributed by atoms with Crippen molar-refractivity contribution >= 4 is 0 Å². The minimum absolute atomic E-state index is 0.288. The second-order valence-corrected chi connectivity index (χ2v) is 4.48. The van der Waals surface area contributed by atoms with Crippen LogP contribution in [-0.4, -0.2) is 5.60 Å². The first kappa shape index (κ1) is 10.8. The second-order valence-electron chi connectivity index (χ2n) is 4.48. The van der Waals surface area contributed by atoms with Gasteiger partial charge in [0, 0.05) is 5.57 Å². The molecule has 0 saturated carbocycles. The highest BCUT2D eigenvalue weighted by Crippen LogP contribution is 2.23. The molecule has 0 aromatic carbocycles. The molecular formula is C12H17NO. The predicted octanol–water partition coefficient (Wildman–Crippen LogP) is 3.32. The Hall–Kier alpha value is -1.23. The lowest BCUT2D eigenvalue weighted by Crippen LogP contribution is -2.19. The summed E-state index contributed by atoms with van der Waals surface area (Å²) >= 11 is 0. The Balaban J connectivity index is 2.85. The van der Waals surface area contributed by atoms with E-state index in [9.17, 15) is 0 Å². The fourth-order valence-electron chi connectivity index (χ4n) is 1.37. The van der Waals surface area contributed by atoms with Gasteiger partial charge in [-0.1, -0.05) is 12.2 Å². The number of hydrogen-bond donors (Lipinski definition) is 0. The fourth-order valence-corrected chi connectivity index (χ4v) is 1.37. The molecule has 0 spiro atoms. The van der Waals surface area contributed by atoms with Gasteiger partial charge in [-0.05, 0) is 40.0 Å². The quantitative estimate of drug-likeness (QED) is 0.470. The smallest absolute Gasteiger partial charge is 0.200 e. The Morgan fingerprint density at radius 3 is 2.64 bits per heavy atom. The number of ether oxygens (including phenoxy) is 1. The van der Waals surface area contributed by atoms with Crippen LogP contribution >= 0.6 is 0 Å². The van der Waals surface area contributed by atoms with Crippen molar-refractivity contribution < 1.29 is 4.74 Å². The van der Waals surface area contributed by atoms with Gasteiger partial charge >= 0.3 is 0 Å². The second kappa shape index (κ2) is 4.32. The molecule has 0 N–H and O–H groups in total. The van der Waals surface area contributed by atoms with Crippen LogP contribution in [0.5, 0.6) is 0 Å². The van der Waals surface area contributed by atoms with E-state index in [1.165, 1.54) is 0 Å². The highest BCUT2D eigenvalue weighted by atomic mass is 16.5. The molecule has 0 bridgehead atoms. The Morgan fingerprint density at radius 1 is 1.50 bits per heavy atom. The zero-order valence-electron chi connectivity index (χ0n) is 9.13. The molecule has 2 nitrogen and oxygen atoms in total. The average Bonchev–Trinajstić information content (AvgIpc) is 2.14. The Morgan fingerprint density at radius 2 is 2.21 bits per heavy atom. The minimum atomic E-state index is -0.288. The van der Waals surface area contributed by atoms with Gasteiger partial charge in [-0.2, -0.15) is 5.26 Å². The molecule has 1 aliphatic carbocycles. The van der Waals surface area contributed by atoms with Crippen molar-refractivity contribution in [2.45, 2.75) is 45.6 Å². The average molecular weight is 191 g/mol. The number of allylic oxidation sites excluding steroid dienone is 4. The van der Waals surface area contributed by atoms with Crippen LogP contribution in [0.25, 0.3) is 0 Å². The Kier molecular flexibility index (Phi) is 3.35. The third-order valence-corrected chi connectivity index (χ3v) is 1.94. The summed E-state index contributed by atoms with van der Waals surface area (Å²) in [6, 6.07) is 2.13. The van der Waals surface area contributed by atoms with Gasteiger partial charge in [0.15, 0.2) is 0 Å². The van der Waals surface area contributed by atoms with E-state index < -0.39 is 0 Å². The van der Waals surface area contributed by atoms with Crippen LogP contribution in [0.4, 0.5) is 0 Å². The van der Waals surface area contributed by atoms with Gasteiger partial charge in [0.1, 0.15) is 11.7 Å². The molecule has 0 atom stereocenters. The van der Waals surface area contributed by atoms with Gasteiger partial charge in [-0.25, -0.2) is 0 Å². The predicted molar refractivity (Wildman–Crippen MR) is 56.5 cm³/mol. The largest absolute Gasteiger partial charge is 0.478 e. The molecule has 76 valence electrons. The van der Waals surface area contributed by atoms with E-state index in [0.29, 0.717) is 5.76 Å². The molecule has 0 fully saturated rings. The summed E-state index contributed by atoms with van der Waals surface area (Å²) in [5.41, 5.74) is 0.747. The lowest BCUT2D eigenvalue weighted by molar-refractivity contribution is 0.0597. The lowest BCUT2D eigenvalue weighted by atomic mass is 10.0. The van der Waals surface area contributed by atoms with Crippen molar-refractivity contribution in [2.75, 3.05) is 0 Å². The van der Waals surface area contributed by atoms with Gasteiger partial charge in [-0.3, -0.25) is 0 Å². The van der Waals surface area contributed by atoms with E-state index >= 15 is 0 Å². The maximum Gasteiger partial charge on any atom is 0.200 e. The molecule has 0 aliphatic heterocycles. The molecular weight excluding hydrogens is 174 g/mol. The van der Waals surface area contributed by atoms with Crippen molar-refractivity contribution in [3.05, 3.63) is 23.5 Å². The van der Waals surface area contributed by atoms with E-state index in [0.717, 1.165) is 24.8 Å². The maximum atomic E-state index is 8.97. The SMILES string of the molecule is CC(C)(C)OC(C#N)=C1C=CCCC1. The zero-order chi connectivity index (χ0) is 10.6. The zero-order valence-corrected chi connectivity index (χ0v) is 9.13. The molecule has 0 heterocycles. The number of nitriles is 1. The van der Waals surface area contributed by atoms with E-state index in [-0.39, 0.29) is 5.60 Å². The number of nitrogens with zero attached hydrogens (tertiary/aromatic N) is 1. The van der Waals surface area contributed by atoms with E-state index in [1.807, 2.05) is 26.8 Å². The van der Waals surface area contributed by atoms with E-state index in [1.54, 1.807) is 0 Å². The Labute approximate surface area is 85.9 Å². The first-order valence-corrected chi connectivity index (χ1v) is 5.02. The molecule has 0 unspecified atom stereocenters. The van der Waals surface area contributed by atoms with Crippen LogP contribution < -0.4 is 0 Å². The highest BCUT2D eigenvalue weighted by Gasteiger charge is 2.16. The summed E-state index contributed by atoms with van der Waals surface area (Å²) in [6.07, 6.45) is 7.29. The van der Waals surface area contributed by atoms with Crippen LogP contribution in [0.2, 0.25) is 0 Å². The van der Waals surface area contributed by atoms with Crippen LogP contribution in [0, 0.1) is 11.3 Å². The summed E-state index contributed by atoms with van der Waals surface area (Å²) in [7, 11) is 0. The fraction of sp³-hybridized carbons (Fsp3) is 0.583. The monoisotopic (exact) mass is 191 g/mol. The van der Waals surface area contributed by atoms with Gasteiger partial charge in [0.05, 0.1) is 0 Å². The maximum absolute atomic E-state index is 8.97. The van der Waals surface area contributed by atoms with E-state index in [4.69, 9.17) is 10.00 Å². The van der Waals surface area contributed by atoms with Gasteiger partial charge in [0.2, 0.25) is 5.76 Å². The third kappa shape index (κ3) is 3.26. The first-order valence-electron chi connectivity index (χ1n) is 5.02. The van der Waals surface area contributed by atoms with Crippen molar-refractivity contribution in [2.24, 2.45) is 0 Å². The summed E-state index contributed by atoms with van der Waals surface area (Å²) in [4.78, 5) is 0. The standard InChI is InChI=1S/C12H17NO/c1-12(2,3)14-11(9-13)10-7-5-4-6-8-10/h5,7H,4,6,8H2,1-3H3. The van der Waals surface area contributed by atoms with Crippen LogP contribution in [0.15, 0.2) is 23.5 Å². The third-order valence-electron chi connectivity index (χ3n) is 1.94. The topological polar surface area (TPSA) is 33.0 Å². The van der Waals surface area contributed by atoms with Crippen molar-refractivity contribution in [3.8, 4) is 6.07 Å². The molecule has 0 saturated heterocycles. The molecule has 0 radical (unpaired) electrons. The highest BCUT2D eigenvalue weighted by molar-refractivity contribution is 5.32. The number of hydrogen-bond acceptors (Lipinski definition) is 2. The van der Waals surface area contributed by atoms with Crippen LogP contribution in [-0.2, 0) is 4.74 Å². The van der Waals surface area contributed by atoms with Crippen molar-refractivity contribution in [1.82, 2.24) is 0 Å². The molecule has 1 aliphatic rings. The summed E-state index contributed by atoms with van der Waals surface area (Å²) in [5, 5.41) is 8.97. The molecule has 2 heteroatoms. The summed E-state index contributed by atoms with van der Waals surface area (Å²) in [5.74, 6) is 0.480. The van der Waals surface area contributed by atoms with Crippen molar-refractivity contribution in [1.29, 1.82) is 5.26 Å². The number of rotatable bonds is 1. The van der Waals surface area contributed by atoms with Gasteiger partial charge in [-0.15, -0.1) is 0 Å². The van der Waals surface area contributed by atoms with Gasteiger partial charge < -0.3 is 4.74 Å². The van der Waals surface area contributed by atoms with Crippen molar-refractivity contribution in [3.63, 3.8) is 0 Å². The molecule has 0 aromatic rings. The summed E-state index contributed by atoms with van der Waals surface area (Å²) < 4.78 is 5.59. The minimum Gasteiger partial charge on any atom is -0.478 e. The summed E-state index contributed by atoms with van der Waals surface area (Å²) in [6.45, 7) is 5.87. The molecule has 0 aromatic heterocycles. The molecule has 0 amide bonds. The lowest BCUT2D eigenvalue weighted by Gasteiger charge is -2.22. The van der Waals surface area contributed by atoms with Gasteiger partial charge in [0.25, 0.3) is 0 Å². The van der Waals surface area contributed by atoms with Crippen LogP contribution in [0.1, 0.15) is 40.0 Å². The molecule has 1 rings (SSSR count).